The smallest absolute Gasteiger partial charge is 0.434 e. The van der Waals surface area contributed by atoms with Gasteiger partial charge in [0, 0.05) is 16.3 Å². The summed E-state index contributed by atoms with van der Waals surface area (Å²) in [6, 6.07) is 12.3. The Hall–Kier alpha value is -1.68. The van der Waals surface area contributed by atoms with Crippen LogP contribution in [0.25, 0.3) is 10.8 Å². The van der Waals surface area contributed by atoms with E-state index in [0.29, 0.717) is 23.3 Å². The van der Waals surface area contributed by atoms with Gasteiger partial charge in [-0.25, -0.2) is 4.79 Å². The van der Waals surface area contributed by atoms with Crippen LogP contribution in [0.4, 0.5) is 4.79 Å². The molecule has 1 heterocycles. The summed E-state index contributed by atoms with van der Waals surface area (Å²) >= 11 is 0. The van der Waals surface area contributed by atoms with Gasteiger partial charge in [0.1, 0.15) is 17.3 Å². The molecule has 0 spiro atoms. The van der Waals surface area contributed by atoms with E-state index in [1.54, 1.807) is 0 Å². The zero-order chi connectivity index (χ0) is 15.4. The first-order chi connectivity index (χ1) is 10.8. The minimum absolute atomic E-state index is 0.381. The average Bonchev–Trinajstić information content (AvgIpc) is 3.06. The van der Waals surface area contributed by atoms with Crippen LogP contribution in [-0.2, 0) is 15.6 Å². The lowest BCUT2D eigenvalue weighted by molar-refractivity contribution is 0.0992. The molecule has 1 saturated heterocycles. The number of carbonyl (C=O) groups excluding carboxylic acids is 1. The second kappa shape index (κ2) is 7.05. The Morgan fingerprint density at radius 1 is 1.18 bits per heavy atom. The Morgan fingerprint density at radius 2 is 2.00 bits per heavy atom. The lowest BCUT2D eigenvalue weighted by atomic mass is 10.1. The summed E-state index contributed by atoms with van der Waals surface area (Å²) in [6.45, 7) is 2.34. The molecular formula is C18H21O3S+. The molecule has 2 aromatic carbocycles. The van der Waals surface area contributed by atoms with Crippen LogP contribution in [0, 0.1) is 0 Å². The molecule has 1 fully saturated rings. The van der Waals surface area contributed by atoms with E-state index in [1.807, 2.05) is 19.1 Å². The topological polar surface area (TPSA) is 35.5 Å². The van der Waals surface area contributed by atoms with Crippen LogP contribution < -0.4 is 4.74 Å². The van der Waals surface area contributed by atoms with Crippen molar-refractivity contribution in [3.63, 3.8) is 0 Å². The maximum atomic E-state index is 11.5. The molecule has 0 amide bonds. The molecule has 0 N–H and O–H groups in total. The number of hydrogen-bond donors (Lipinski definition) is 0. The van der Waals surface area contributed by atoms with Crippen molar-refractivity contribution in [2.75, 3.05) is 18.1 Å². The van der Waals surface area contributed by atoms with Crippen LogP contribution in [0.2, 0.25) is 0 Å². The fraction of sp³-hybridized carbons (Fsp3) is 0.389. The molecule has 0 unspecified atom stereocenters. The minimum Gasteiger partial charge on any atom is -0.434 e. The normalized spacial score (nSPS) is 15.1. The number of carbonyl (C=O) groups is 1. The van der Waals surface area contributed by atoms with Crippen molar-refractivity contribution in [3.05, 3.63) is 36.4 Å². The van der Waals surface area contributed by atoms with Crippen LogP contribution in [0.5, 0.6) is 5.75 Å². The maximum Gasteiger partial charge on any atom is 0.513 e. The highest BCUT2D eigenvalue weighted by Gasteiger charge is 2.28. The number of benzene rings is 2. The average molecular weight is 317 g/mol. The number of hydrogen-bond acceptors (Lipinski definition) is 3. The maximum absolute atomic E-state index is 11.5. The number of rotatable bonds is 4. The van der Waals surface area contributed by atoms with Gasteiger partial charge < -0.3 is 9.47 Å². The summed E-state index contributed by atoms with van der Waals surface area (Å²) in [7, 11) is 0.381. The number of ether oxygens (including phenoxy) is 2. The third-order valence-corrected chi connectivity index (χ3v) is 6.32. The van der Waals surface area contributed by atoms with E-state index in [2.05, 4.69) is 24.3 Å². The SMILES string of the molecule is CCCOC(=O)Oc1ccc2c([S+]3CCCC3)cccc2c1. The molecule has 2 aromatic rings. The Kier molecular flexibility index (Phi) is 4.88. The van der Waals surface area contributed by atoms with Crippen LogP contribution in [-0.4, -0.2) is 24.3 Å². The van der Waals surface area contributed by atoms with Gasteiger partial charge in [-0.2, -0.15) is 0 Å². The summed E-state index contributed by atoms with van der Waals surface area (Å²) in [5, 5.41) is 2.40. The fourth-order valence-corrected chi connectivity index (χ4v) is 5.25. The van der Waals surface area contributed by atoms with Gasteiger partial charge in [-0.05, 0) is 48.9 Å². The van der Waals surface area contributed by atoms with E-state index in [-0.39, 0.29) is 0 Å². The lowest BCUT2D eigenvalue weighted by Crippen LogP contribution is -2.11. The molecule has 3 nitrogen and oxygen atoms in total. The van der Waals surface area contributed by atoms with Gasteiger partial charge in [0.15, 0.2) is 4.90 Å². The van der Waals surface area contributed by atoms with E-state index < -0.39 is 6.16 Å². The van der Waals surface area contributed by atoms with Crippen molar-refractivity contribution < 1.29 is 14.3 Å². The predicted octanol–water partition coefficient (Wildman–Crippen LogP) is 4.54. The monoisotopic (exact) mass is 317 g/mol. The molecule has 1 aliphatic rings. The van der Waals surface area contributed by atoms with E-state index in [1.165, 1.54) is 34.6 Å². The summed E-state index contributed by atoms with van der Waals surface area (Å²) in [5.41, 5.74) is 0. The van der Waals surface area contributed by atoms with Gasteiger partial charge >= 0.3 is 6.16 Å². The lowest BCUT2D eigenvalue weighted by Gasteiger charge is -2.08. The summed E-state index contributed by atoms with van der Waals surface area (Å²) in [5.74, 6) is 3.15. The molecule has 1 aliphatic heterocycles. The van der Waals surface area contributed by atoms with Gasteiger partial charge in [-0.1, -0.05) is 19.1 Å². The highest BCUT2D eigenvalue weighted by molar-refractivity contribution is 7.97. The highest BCUT2D eigenvalue weighted by atomic mass is 32.2. The summed E-state index contributed by atoms with van der Waals surface area (Å²) < 4.78 is 10.2. The van der Waals surface area contributed by atoms with Crippen molar-refractivity contribution in [1.29, 1.82) is 0 Å². The summed E-state index contributed by atoms with van der Waals surface area (Å²) in [4.78, 5) is 13.0. The molecule has 0 bridgehead atoms. The van der Waals surface area contributed by atoms with Crippen molar-refractivity contribution in [2.45, 2.75) is 31.1 Å². The Bertz CT molecular complexity index is 662. The quantitative estimate of drug-likeness (QED) is 0.472. The molecule has 0 aliphatic carbocycles. The Labute approximate surface area is 134 Å². The van der Waals surface area contributed by atoms with Crippen molar-refractivity contribution in [2.24, 2.45) is 0 Å². The van der Waals surface area contributed by atoms with E-state index in [0.717, 1.165) is 11.8 Å². The Morgan fingerprint density at radius 3 is 2.77 bits per heavy atom. The molecule has 3 rings (SSSR count). The first kappa shape index (κ1) is 15.2. The zero-order valence-electron chi connectivity index (χ0n) is 12.8. The largest absolute Gasteiger partial charge is 0.513 e. The third-order valence-electron chi connectivity index (χ3n) is 3.78. The molecule has 0 aromatic heterocycles. The second-order valence-electron chi connectivity index (χ2n) is 5.45. The molecule has 0 saturated carbocycles. The molecule has 0 atom stereocenters. The first-order valence-electron chi connectivity index (χ1n) is 7.83. The van der Waals surface area contributed by atoms with Crippen LogP contribution in [0.15, 0.2) is 41.3 Å². The Balaban J connectivity index is 1.83. The van der Waals surface area contributed by atoms with Gasteiger partial charge in [-0.3, -0.25) is 0 Å². The molecule has 22 heavy (non-hydrogen) atoms. The van der Waals surface area contributed by atoms with Gasteiger partial charge in [0.2, 0.25) is 0 Å². The van der Waals surface area contributed by atoms with Crippen LogP contribution in [0.3, 0.4) is 0 Å². The highest BCUT2D eigenvalue weighted by Crippen LogP contribution is 2.31. The fourth-order valence-electron chi connectivity index (χ4n) is 2.73. The first-order valence-corrected chi connectivity index (χ1v) is 9.39. The minimum atomic E-state index is -0.630. The standard InChI is InChI=1S/C18H21O3S/c1-2-10-20-18(19)21-15-8-9-16-14(13-15)6-5-7-17(16)22-11-3-4-12-22/h5-9,13H,2-4,10-12H2,1H3/q+1. The van der Waals surface area contributed by atoms with Crippen molar-refractivity contribution in [3.8, 4) is 5.75 Å². The molecule has 116 valence electrons. The van der Waals surface area contributed by atoms with E-state index in [9.17, 15) is 4.79 Å². The second-order valence-corrected chi connectivity index (χ2v) is 7.69. The van der Waals surface area contributed by atoms with Gasteiger partial charge in [0.05, 0.1) is 6.61 Å². The zero-order valence-corrected chi connectivity index (χ0v) is 13.7. The van der Waals surface area contributed by atoms with Crippen LogP contribution >= 0.6 is 0 Å². The van der Waals surface area contributed by atoms with Gasteiger partial charge in [-0.15, -0.1) is 0 Å². The van der Waals surface area contributed by atoms with Crippen LogP contribution in [0.1, 0.15) is 26.2 Å². The molecule has 0 radical (unpaired) electrons. The van der Waals surface area contributed by atoms with Crippen molar-refractivity contribution >= 4 is 27.8 Å². The third kappa shape index (κ3) is 3.38. The van der Waals surface area contributed by atoms with Crippen molar-refractivity contribution in [1.82, 2.24) is 0 Å². The predicted molar refractivity (Wildman–Crippen MR) is 90.8 cm³/mol. The summed E-state index contributed by atoms with van der Waals surface area (Å²) in [6.07, 6.45) is 2.84. The van der Waals surface area contributed by atoms with Gasteiger partial charge in [0.25, 0.3) is 0 Å². The molecular weight excluding hydrogens is 296 g/mol. The molecule has 4 heteroatoms. The van der Waals surface area contributed by atoms with E-state index in [4.69, 9.17) is 9.47 Å². The number of fused-ring (bicyclic) bond motifs is 1. The van der Waals surface area contributed by atoms with E-state index >= 15 is 0 Å².